The molecule has 0 aromatic heterocycles. The summed E-state index contributed by atoms with van der Waals surface area (Å²) in [5, 5.41) is 0. The molecule has 1 aromatic rings. The molecule has 0 radical (unpaired) electrons. The van der Waals surface area contributed by atoms with Crippen molar-refractivity contribution >= 4 is 15.9 Å². The molecule has 20 heavy (non-hydrogen) atoms. The van der Waals surface area contributed by atoms with E-state index in [4.69, 9.17) is 0 Å². The predicted octanol–water partition coefficient (Wildman–Crippen LogP) is 5.90. The highest BCUT2D eigenvalue weighted by Gasteiger charge is 2.34. The molecule has 1 aliphatic carbocycles. The molecule has 3 unspecified atom stereocenters. The Morgan fingerprint density at radius 3 is 2.55 bits per heavy atom. The van der Waals surface area contributed by atoms with Crippen LogP contribution in [0.4, 0.5) is 4.39 Å². The predicted molar refractivity (Wildman–Crippen MR) is 87.8 cm³/mol. The Morgan fingerprint density at radius 1 is 1.25 bits per heavy atom. The lowest BCUT2D eigenvalue weighted by molar-refractivity contribution is 0.146. The first-order valence-corrected chi connectivity index (χ1v) is 8.58. The third-order valence-electron chi connectivity index (χ3n) is 4.90. The van der Waals surface area contributed by atoms with Gasteiger partial charge in [-0.2, -0.15) is 0 Å². The first-order valence-electron chi connectivity index (χ1n) is 7.66. The van der Waals surface area contributed by atoms with Crippen LogP contribution in [0.5, 0.6) is 0 Å². The van der Waals surface area contributed by atoms with Crippen molar-refractivity contribution < 1.29 is 4.39 Å². The summed E-state index contributed by atoms with van der Waals surface area (Å²) in [6, 6.07) is 5.21. The van der Waals surface area contributed by atoms with Gasteiger partial charge in [-0.15, -0.1) is 0 Å². The summed E-state index contributed by atoms with van der Waals surface area (Å²) in [7, 11) is 0. The average molecular weight is 341 g/mol. The van der Waals surface area contributed by atoms with E-state index in [0.29, 0.717) is 16.2 Å². The molecule has 3 atom stereocenters. The Kier molecular flexibility index (Phi) is 4.94. The van der Waals surface area contributed by atoms with Gasteiger partial charge in [0.05, 0.1) is 0 Å². The molecule has 1 aromatic carbocycles. The van der Waals surface area contributed by atoms with Gasteiger partial charge < -0.3 is 0 Å². The summed E-state index contributed by atoms with van der Waals surface area (Å²) in [6.45, 7) is 9.08. The molecule has 0 aliphatic heterocycles. The summed E-state index contributed by atoms with van der Waals surface area (Å²) in [5.74, 6) is 1.33. The number of halogens is 2. The fourth-order valence-electron chi connectivity index (χ4n) is 3.40. The van der Waals surface area contributed by atoms with Crippen molar-refractivity contribution in [3.8, 4) is 0 Å². The van der Waals surface area contributed by atoms with E-state index in [0.717, 1.165) is 17.9 Å². The molecule has 1 fully saturated rings. The lowest BCUT2D eigenvalue weighted by Crippen LogP contribution is -2.33. The first-order chi connectivity index (χ1) is 9.27. The van der Waals surface area contributed by atoms with Crippen LogP contribution in [0.3, 0.4) is 0 Å². The molecule has 112 valence electrons. The molecular weight excluding hydrogens is 315 g/mol. The minimum Gasteiger partial charge on any atom is -0.207 e. The number of alkyl halides is 1. The van der Waals surface area contributed by atoms with Crippen LogP contribution in [0.1, 0.15) is 51.2 Å². The standard InChI is InChI=1S/C18H26BrF/c1-12-9-16(20)7-5-13(12)10-14-11-15(18(2,3)4)6-8-17(14)19/h5,7,9,14-15,17H,6,8,10-11H2,1-4H3. The normalized spacial score (nSPS) is 27.6. The van der Waals surface area contributed by atoms with Gasteiger partial charge in [-0.05, 0) is 73.1 Å². The van der Waals surface area contributed by atoms with Crippen LogP contribution in [0.25, 0.3) is 0 Å². The van der Waals surface area contributed by atoms with Crippen molar-refractivity contribution in [2.75, 3.05) is 0 Å². The maximum atomic E-state index is 13.2. The van der Waals surface area contributed by atoms with E-state index in [9.17, 15) is 4.39 Å². The zero-order valence-corrected chi connectivity index (χ0v) is 14.6. The van der Waals surface area contributed by atoms with Gasteiger partial charge in [0, 0.05) is 4.83 Å². The van der Waals surface area contributed by atoms with Crippen LogP contribution in [0, 0.1) is 30.0 Å². The Hall–Kier alpha value is -0.370. The smallest absolute Gasteiger partial charge is 0.123 e. The third-order valence-corrected chi connectivity index (χ3v) is 6.11. The van der Waals surface area contributed by atoms with Crippen LogP contribution in [-0.2, 0) is 6.42 Å². The Bertz CT molecular complexity index is 461. The number of aryl methyl sites for hydroxylation is 1. The summed E-state index contributed by atoms with van der Waals surface area (Å²) in [5.41, 5.74) is 2.78. The molecule has 0 amide bonds. The summed E-state index contributed by atoms with van der Waals surface area (Å²) < 4.78 is 13.2. The van der Waals surface area contributed by atoms with Crippen LogP contribution in [-0.4, -0.2) is 4.83 Å². The van der Waals surface area contributed by atoms with Crippen LogP contribution in [0.2, 0.25) is 0 Å². The highest BCUT2D eigenvalue weighted by molar-refractivity contribution is 9.09. The van der Waals surface area contributed by atoms with Crippen molar-refractivity contribution in [3.63, 3.8) is 0 Å². The largest absolute Gasteiger partial charge is 0.207 e. The SMILES string of the molecule is Cc1cc(F)ccc1CC1CC(C(C)(C)C)CCC1Br. The van der Waals surface area contributed by atoms with Gasteiger partial charge in [-0.3, -0.25) is 0 Å². The molecule has 0 saturated heterocycles. The van der Waals surface area contributed by atoms with Gasteiger partial charge >= 0.3 is 0 Å². The van der Waals surface area contributed by atoms with Crippen LogP contribution in [0.15, 0.2) is 18.2 Å². The minimum absolute atomic E-state index is 0.127. The first kappa shape index (κ1) is 16.0. The Balaban J connectivity index is 2.10. The van der Waals surface area contributed by atoms with Crippen molar-refractivity contribution in [2.24, 2.45) is 17.3 Å². The van der Waals surface area contributed by atoms with Gasteiger partial charge in [0.2, 0.25) is 0 Å². The second kappa shape index (κ2) is 6.17. The quantitative estimate of drug-likeness (QED) is 0.587. The zero-order valence-electron chi connectivity index (χ0n) is 13.0. The fourth-order valence-corrected chi connectivity index (χ4v) is 4.06. The van der Waals surface area contributed by atoms with E-state index < -0.39 is 0 Å². The van der Waals surface area contributed by atoms with E-state index in [1.165, 1.54) is 24.8 Å². The van der Waals surface area contributed by atoms with E-state index in [2.05, 4.69) is 36.7 Å². The molecule has 1 aliphatic rings. The van der Waals surface area contributed by atoms with Crippen molar-refractivity contribution in [3.05, 3.63) is 35.1 Å². The maximum absolute atomic E-state index is 13.2. The molecule has 2 heteroatoms. The van der Waals surface area contributed by atoms with Gasteiger partial charge in [-0.25, -0.2) is 4.39 Å². The average Bonchev–Trinajstić information content (AvgIpc) is 2.33. The third kappa shape index (κ3) is 3.84. The fraction of sp³-hybridized carbons (Fsp3) is 0.667. The van der Waals surface area contributed by atoms with Gasteiger partial charge in [0.1, 0.15) is 5.82 Å². The van der Waals surface area contributed by atoms with E-state index in [1.54, 1.807) is 12.1 Å². The van der Waals surface area contributed by atoms with Gasteiger partial charge in [0.25, 0.3) is 0 Å². The van der Waals surface area contributed by atoms with E-state index in [1.807, 2.05) is 13.0 Å². The molecular formula is C18H26BrF. The summed E-state index contributed by atoms with van der Waals surface area (Å²) in [4.78, 5) is 0.602. The number of benzene rings is 1. The van der Waals surface area contributed by atoms with Crippen LogP contribution >= 0.6 is 15.9 Å². The summed E-state index contributed by atoms with van der Waals surface area (Å²) >= 11 is 3.87. The molecule has 0 heterocycles. The zero-order chi connectivity index (χ0) is 14.9. The van der Waals surface area contributed by atoms with Crippen molar-refractivity contribution in [1.29, 1.82) is 0 Å². The minimum atomic E-state index is -0.127. The monoisotopic (exact) mass is 340 g/mol. The second-order valence-corrected chi connectivity index (χ2v) is 8.60. The van der Waals surface area contributed by atoms with Gasteiger partial charge in [0.15, 0.2) is 0 Å². The van der Waals surface area contributed by atoms with Crippen molar-refractivity contribution in [1.82, 2.24) is 0 Å². The Labute approximate surface area is 131 Å². The summed E-state index contributed by atoms with van der Waals surface area (Å²) in [6.07, 6.45) is 4.91. The highest BCUT2D eigenvalue weighted by atomic mass is 79.9. The molecule has 0 spiro atoms. The topological polar surface area (TPSA) is 0 Å². The lowest BCUT2D eigenvalue weighted by Gasteiger charge is -2.40. The van der Waals surface area contributed by atoms with Crippen molar-refractivity contribution in [2.45, 2.75) is 58.2 Å². The molecule has 0 N–H and O–H groups in total. The molecule has 2 rings (SSSR count). The number of rotatable bonds is 2. The second-order valence-electron chi connectivity index (χ2n) is 7.43. The Morgan fingerprint density at radius 2 is 1.95 bits per heavy atom. The molecule has 1 saturated carbocycles. The van der Waals surface area contributed by atoms with E-state index >= 15 is 0 Å². The molecule has 0 bridgehead atoms. The molecule has 0 nitrogen and oxygen atoms in total. The van der Waals surface area contributed by atoms with Gasteiger partial charge in [-0.1, -0.05) is 42.8 Å². The van der Waals surface area contributed by atoms with Crippen LogP contribution < -0.4 is 0 Å². The maximum Gasteiger partial charge on any atom is 0.123 e. The lowest BCUT2D eigenvalue weighted by atomic mass is 9.68. The van der Waals surface area contributed by atoms with E-state index in [-0.39, 0.29) is 5.82 Å². The number of hydrogen-bond donors (Lipinski definition) is 0. The highest BCUT2D eigenvalue weighted by Crippen LogP contribution is 2.43. The number of hydrogen-bond acceptors (Lipinski definition) is 0.